The van der Waals surface area contributed by atoms with Crippen molar-refractivity contribution in [3.8, 4) is 6.07 Å². The van der Waals surface area contributed by atoms with Crippen molar-refractivity contribution in [1.29, 1.82) is 5.26 Å². The third-order valence-electron chi connectivity index (χ3n) is 2.91. The van der Waals surface area contributed by atoms with Gasteiger partial charge in [-0.3, -0.25) is 0 Å². The van der Waals surface area contributed by atoms with Crippen LogP contribution in [0.15, 0.2) is 48.5 Å². The highest BCUT2D eigenvalue weighted by molar-refractivity contribution is 5.90. The number of carbonyl (C=O) groups excluding carboxylic acids is 1. The second-order valence-corrected chi connectivity index (χ2v) is 4.43. The molecule has 4 heteroatoms. The molecule has 0 aliphatic heterocycles. The standard InChI is InChI=1S/C16H15N3O/c1-12-7-8-14(10-17)9-15(12)19-16(20)18-11-13-5-3-2-4-6-13/h2-9H,11H2,1H3,(H2,18,19,20). The monoisotopic (exact) mass is 265 g/mol. The number of nitrogens with one attached hydrogen (secondary N) is 2. The molecule has 2 aromatic rings. The molecule has 0 bridgehead atoms. The van der Waals surface area contributed by atoms with Crippen LogP contribution >= 0.6 is 0 Å². The van der Waals surface area contributed by atoms with Crippen molar-refractivity contribution in [3.63, 3.8) is 0 Å². The molecule has 20 heavy (non-hydrogen) atoms. The number of urea groups is 1. The molecule has 0 spiro atoms. The van der Waals surface area contributed by atoms with Crippen molar-refractivity contribution in [2.24, 2.45) is 0 Å². The van der Waals surface area contributed by atoms with Gasteiger partial charge in [-0.05, 0) is 30.2 Å². The first-order chi connectivity index (χ1) is 9.69. The summed E-state index contributed by atoms with van der Waals surface area (Å²) in [6.45, 7) is 2.34. The molecule has 0 saturated carbocycles. The Balaban J connectivity index is 1.97. The normalized spacial score (nSPS) is 9.60. The van der Waals surface area contributed by atoms with E-state index in [2.05, 4.69) is 16.7 Å². The van der Waals surface area contributed by atoms with E-state index in [1.165, 1.54) is 0 Å². The van der Waals surface area contributed by atoms with Gasteiger partial charge in [0.2, 0.25) is 0 Å². The Morgan fingerprint density at radius 1 is 1.20 bits per heavy atom. The Labute approximate surface area is 118 Å². The lowest BCUT2D eigenvalue weighted by Crippen LogP contribution is -2.28. The molecular formula is C16H15N3O. The van der Waals surface area contributed by atoms with Crippen molar-refractivity contribution < 1.29 is 4.79 Å². The first-order valence-electron chi connectivity index (χ1n) is 6.28. The SMILES string of the molecule is Cc1ccc(C#N)cc1NC(=O)NCc1ccccc1. The molecule has 0 saturated heterocycles. The van der Waals surface area contributed by atoms with E-state index >= 15 is 0 Å². The Kier molecular flexibility index (Phi) is 4.35. The molecule has 100 valence electrons. The minimum Gasteiger partial charge on any atom is -0.334 e. The van der Waals surface area contributed by atoms with E-state index < -0.39 is 0 Å². The molecule has 0 fully saturated rings. The number of hydrogen-bond acceptors (Lipinski definition) is 2. The molecule has 0 heterocycles. The summed E-state index contributed by atoms with van der Waals surface area (Å²) in [5, 5.41) is 14.4. The minimum absolute atomic E-state index is 0.285. The maximum atomic E-state index is 11.8. The average molecular weight is 265 g/mol. The van der Waals surface area contributed by atoms with Gasteiger partial charge in [-0.25, -0.2) is 4.79 Å². The summed E-state index contributed by atoms with van der Waals surface area (Å²) < 4.78 is 0. The highest BCUT2D eigenvalue weighted by Crippen LogP contribution is 2.16. The van der Waals surface area contributed by atoms with Gasteiger partial charge in [-0.2, -0.15) is 5.26 Å². The van der Waals surface area contributed by atoms with Gasteiger partial charge in [0.1, 0.15) is 0 Å². The van der Waals surface area contributed by atoms with Gasteiger partial charge >= 0.3 is 6.03 Å². The van der Waals surface area contributed by atoms with E-state index in [9.17, 15) is 4.79 Å². The lowest BCUT2D eigenvalue weighted by Gasteiger charge is -2.10. The molecule has 2 amide bonds. The number of nitriles is 1. The van der Waals surface area contributed by atoms with Crippen molar-refractivity contribution in [2.75, 3.05) is 5.32 Å². The van der Waals surface area contributed by atoms with Crippen molar-refractivity contribution >= 4 is 11.7 Å². The zero-order valence-electron chi connectivity index (χ0n) is 11.2. The van der Waals surface area contributed by atoms with Gasteiger partial charge in [0.05, 0.1) is 11.6 Å². The summed E-state index contributed by atoms with van der Waals surface area (Å²) in [6, 6.07) is 16.6. The molecule has 0 aliphatic rings. The van der Waals surface area contributed by atoms with Crippen LogP contribution in [-0.4, -0.2) is 6.03 Å². The fraction of sp³-hybridized carbons (Fsp3) is 0.125. The molecule has 2 rings (SSSR count). The first-order valence-corrected chi connectivity index (χ1v) is 6.28. The van der Waals surface area contributed by atoms with Crippen LogP contribution in [0.4, 0.5) is 10.5 Å². The predicted molar refractivity (Wildman–Crippen MR) is 78.2 cm³/mol. The maximum absolute atomic E-state index is 11.8. The topological polar surface area (TPSA) is 64.9 Å². The van der Waals surface area contributed by atoms with E-state index in [0.717, 1.165) is 11.1 Å². The number of hydrogen-bond donors (Lipinski definition) is 2. The summed E-state index contributed by atoms with van der Waals surface area (Å²) >= 11 is 0. The zero-order valence-corrected chi connectivity index (χ0v) is 11.2. The van der Waals surface area contributed by atoms with Crippen LogP contribution in [0.2, 0.25) is 0 Å². The fourth-order valence-corrected chi connectivity index (χ4v) is 1.77. The van der Waals surface area contributed by atoms with E-state index in [1.54, 1.807) is 12.1 Å². The molecule has 0 aliphatic carbocycles. The third-order valence-corrected chi connectivity index (χ3v) is 2.91. The first kappa shape index (κ1) is 13.6. The number of benzene rings is 2. The van der Waals surface area contributed by atoms with Gasteiger partial charge in [0, 0.05) is 12.2 Å². The van der Waals surface area contributed by atoms with E-state index in [4.69, 9.17) is 5.26 Å². The molecule has 2 N–H and O–H groups in total. The summed E-state index contributed by atoms with van der Waals surface area (Å²) in [5.74, 6) is 0. The Morgan fingerprint density at radius 3 is 2.65 bits per heavy atom. The number of amides is 2. The van der Waals surface area contributed by atoms with Crippen LogP contribution in [0.1, 0.15) is 16.7 Å². The highest BCUT2D eigenvalue weighted by Gasteiger charge is 2.05. The third kappa shape index (κ3) is 3.59. The Bertz CT molecular complexity index is 645. The van der Waals surface area contributed by atoms with Crippen LogP contribution in [0, 0.1) is 18.3 Å². The van der Waals surface area contributed by atoms with E-state index in [0.29, 0.717) is 17.8 Å². The number of carbonyl (C=O) groups is 1. The summed E-state index contributed by atoms with van der Waals surface area (Å²) in [4.78, 5) is 11.8. The minimum atomic E-state index is -0.285. The Morgan fingerprint density at radius 2 is 1.95 bits per heavy atom. The second-order valence-electron chi connectivity index (χ2n) is 4.43. The largest absolute Gasteiger partial charge is 0.334 e. The van der Waals surface area contributed by atoms with Gasteiger partial charge in [-0.1, -0.05) is 36.4 Å². The van der Waals surface area contributed by atoms with Crippen molar-refractivity contribution in [2.45, 2.75) is 13.5 Å². The zero-order chi connectivity index (χ0) is 14.4. The number of aryl methyl sites for hydroxylation is 1. The molecule has 4 nitrogen and oxygen atoms in total. The summed E-state index contributed by atoms with van der Waals surface area (Å²) in [7, 11) is 0. The van der Waals surface area contributed by atoms with Gasteiger partial charge in [0.15, 0.2) is 0 Å². The molecule has 0 radical (unpaired) electrons. The molecule has 0 unspecified atom stereocenters. The smallest absolute Gasteiger partial charge is 0.319 e. The lowest BCUT2D eigenvalue weighted by molar-refractivity contribution is 0.251. The van der Waals surface area contributed by atoms with Crippen molar-refractivity contribution in [3.05, 3.63) is 65.2 Å². The molecule has 0 atom stereocenters. The number of rotatable bonds is 3. The Hall–Kier alpha value is -2.80. The van der Waals surface area contributed by atoms with Crippen LogP contribution in [-0.2, 0) is 6.54 Å². The quantitative estimate of drug-likeness (QED) is 0.895. The van der Waals surface area contributed by atoms with E-state index in [1.807, 2.05) is 43.3 Å². The maximum Gasteiger partial charge on any atom is 0.319 e. The van der Waals surface area contributed by atoms with Gasteiger partial charge < -0.3 is 10.6 Å². The molecular weight excluding hydrogens is 250 g/mol. The average Bonchev–Trinajstić information content (AvgIpc) is 2.48. The van der Waals surface area contributed by atoms with E-state index in [-0.39, 0.29) is 6.03 Å². The number of anilines is 1. The summed E-state index contributed by atoms with van der Waals surface area (Å²) in [5.41, 5.74) is 3.12. The fourth-order valence-electron chi connectivity index (χ4n) is 1.77. The van der Waals surface area contributed by atoms with Crippen LogP contribution < -0.4 is 10.6 Å². The summed E-state index contributed by atoms with van der Waals surface area (Å²) in [6.07, 6.45) is 0. The molecule has 0 aromatic heterocycles. The second kappa shape index (κ2) is 6.39. The molecule has 2 aromatic carbocycles. The highest BCUT2D eigenvalue weighted by atomic mass is 16.2. The number of nitrogens with zero attached hydrogens (tertiary/aromatic N) is 1. The van der Waals surface area contributed by atoms with Crippen molar-refractivity contribution in [1.82, 2.24) is 5.32 Å². The lowest BCUT2D eigenvalue weighted by atomic mass is 10.1. The van der Waals surface area contributed by atoms with Crippen LogP contribution in [0.3, 0.4) is 0 Å². The van der Waals surface area contributed by atoms with Crippen LogP contribution in [0.5, 0.6) is 0 Å². The predicted octanol–water partition coefficient (Wildman–Crippen LogP) is 3.19. The van der Waals surface area contributed by atoms with Crippen LogP contribution in [0.25, 0.3) is 0 Å². The van der Waals surface area contributed by atoms with Gasteiger partial charge in [-0.15, -0.1) is 0 Å². The van der Waals surface area contributed by atoms with Gasteiger partial charge in [0.25, 0.3) is 0 Å².